The standard InChI is InChI=1S/C4H6N2.C3H6O2S/c1-6-3-2-5-4-6;1-2(6)3(4)5/h2-4H,1H3;2,6H,1H3,(H,4,5). The van der Waals surface area contributed by atoms with Crippen molar-refractivity contribution in [2.24, 2.45) is 7.05 Å². The molecular weight excluding hydrogens is 176 g/mol. The fraction of sp³-hybridized carbons (Fsp3) is 0.429. The highest BCUT2D eigenvalue weighted by atomic mass is 32.1. The predicted octanol–water partition coefficient (Wildman–Crippen LogP) is -1.11. The number of thiol groups is 1. The monoisotopic (exact) mass is 188 g/mol. The van der Waals surface area contributed by atoms with E-state index in [0.717, 1.165) is 0 Å². The molecule has 0 bridgehead atoms. The van der Waals surface area contributed by atoms with Crippen molar-refractivity contribution in [3.8, 4) is 0 Å². The van der Waals surface area contributed by atoms with Crippen LogP contribution in [0.25, 0.3) is 0 Å². The second-order valence-electron chi connectivity index (χ2n) is 2.27. The number of rotatable bonds is 1. The number of aryl methyl sites for hydroxylation is 1. The Labute approximate surface area is 76.6 Å². The van der Waals surface area contributed by atoms with Gasteiger partial charge < -0.3 is 9.90 Å². The van der Waals surface area contributed by atoms with Crippen molar-refractivity contribution in [1.82, 2.24) is 4.98 Å². The summed E-state index contributed by atoms with van der Waals surface area (Å²) in [5, 5.41) is 8.86. The average Bonchev–Trinajstić information content (AvgIpc) is 2.40. The first kappa shape index (κ1) is 11.0. The van der Waals surface area contributed by atoms with E-state index in [1.165, 1.54) is 6.92 Å². The summed E-state index contributed by atoms with van der Waals surface area (Å²) in [4.78, 5) is 12.4. The zero-order chi connectivity index (χ0) is 9.56. The fourth-order valence-electron chi connectivity index (χ4n) is 0.364. The van der Waals surface area contributed by atoms with Crippen molar-refractivity contribution < 1.29 is 14.5 Å². The van der Waals surface area contributed by atoms with Gasteiger partial charge in [-0.05, 0) is 6.92 Å². The molecule has 1 heterocycles. The lowest BCUT2D eigenvalue weighted by Crippen LogP contribution is -2.29. The maximum atomic E-state index is 9.51. The van der Waals surface area contributed by atoms with Gasteiger partial charge in [-0.2, -0.15) is 12.6 Å². The van der Waals surface area contributed by atoms with Crippen LogP contribution in [0.3, 0.4) is 0 Å². The number of hydrogen-bond acceptors (Lipinski definition) is 3. The van der Waals surface area contributed by atoms with Gasteiger partial charge in [0.25, 0.3) is 0 Å². The van der Waals surface area contributed by atoms with Crippen molar-refractivity contribution in [3.63, 3.8) is 0 Å². The quantitative estimate of drug-likeness (QED) is 0.434. The van der Waals surface area contributed by atoms with Crippen LogP contribution in [0.1, 0.15) is 6.92 Å². The predicted molar refractivity (Wildman–Crippen MR) is 45.4 cm³/mol. The highest BCUT2D eigenvalue weighted by Crippen LogP contribution is 1.85. The van der Waals surface area contributed by atoms with Crippen molar-refractivity contribution in [1.29, 1.82) is 0 Å². The molecule has 1 unspecified atom stereocenters. The van der Waals surface area contributed by atoms with Gasteiger partial charge in [0.15, 0.2) is 0 Å². The largest absolute Gasteiger partial charge is 0.549 e. The zero-order valence-corrected chi connectivity index (χ0v) is 7.91. The zero-order valence-electron chi connectivity index (χ0n) is 7.02. The fourth-order valence-corrected chi connectivity index (χ4v) is 0.364. The van der Waals surface area contributed by atoms with Crippen LogP contribution in [0.5, 0.6) is 0 Å². The number of aromatic nitrogens is 2. The molecule has 0 spiro atoms. The lowest BCUT2D eigenvalue weighted by atomic mass is 10.5. The highest BCUT2D eigenvalue weighted by Gasteiger charge is 1.88. The first-order chi connectivity index (χ1) is 5.54. The molecule has 0 saturated carbocycles. The summed E-state index contributed by atoms with van der Waals surface area (Å²) in [5.41, 5.74) is 0. The average molecular weight is 188 g/mol. The Kier molecular flexibility index (Phi) is 5.19. The molecule has 0 aliphatic heterocycles. The van der Waals surface area contributed by atoms with E-state index in [2.05, 4.69) is 17.6 Å². The number of carbonyl (C=O) groups excluding carboxylic acids is 1. The third kappa shape index (κ3) is 5.79. The molecule has 1 aromatic rings. The minimum atomic E-state index is -1.13. The first-order valence-corrected chi connectivity index (χ1v) is 3.92. The minimum Gasteiger partial charge on any atom is -0.549 e. The lowest BCUT2D eigenvalue weighted by molar-refractivity contribution is -0.670. The van der Waals surface area contributed by atoms with E-state index in [-0.39, 0.29) is 0 Å². The molecule has 5 heteroatoms. The van der Waals surface area contributed by atoms with E-state index < -0.39 is 11.2 Å². The first-order valence-electron chi connectivity index (χ1n) is 3.41. The SMILES string of the molecule is CC(S)C(=O)[O-].C[n+]1cc[nH]c1. The number of carbonyl (C=O) groups is 1. The minimum absolute atomic E-state index is 0.648. The molecule has 1 aromatic heterocycles. The summed E-state index contributed by atoms with van der Waals surface area (Å²) in [6.45, 7) is 1.44. The number of nitrogens with one attached hydrogen (secondary N) is 1. The maximum Gasteiger partial charge on any atom is 0.241 e. The molecule has 1 rings (SSSR count). The van der Waals surface area contributed by atoms with Crippen LogP contribution < -0.4 is 9.67 Å². The molecule has 68 valence electrons. The molecule has 4 nitrogen and oxygen atoms in total. The van der Waals surface area contributed by atoms with Crippen LogP contribution in [0.2, 0.25) is 0 Å². The molecular formula is C7H12N2O2S. The Morgan fingerprint density at radius 2 is 2.25 bits per heavy atom. The molecule has 12 heavy (non-hydrogen) atoms. The van der Waals surface area contributed by atoms with Gasteiger partial charge in [-0.1, -0.05) is 0 Å². The van der Waals surface area contributed by atoms with Crippen molar-refractivity contribution in [3.05, 3.63) is 18.7 Å². The van der Waals surface area contributed by atoms with Crippen LogP contribution >= 0.6 is 12.6 Å². The number of aromatic amines is 1. The smallest absolute Gasteiger partial charge is 0.241 e. The van der Waals surface area contributed by atoms with Crippen molar-refractivity contribution >= 4 is 18.6 Å². The molecule has 0 aromatic carbocycles. The second-order valence-corrected chi connectivity index (χ2v) is 3.05. The normalized spacial score (nSPS) is 11.2. The Balaban J connectivity index is 0.000000202. The maximum absolute atomic E-state index is 9.51. The van der Waals surface area contributed by atoms with Crippen LogP contribution in [0.4, 0.5) is 0 Å². The van der Waals surface area contributed by atoms with Crippen molar-refractivity contribution in [2.45, 2.75) is 12.2 Å². The van der Waals surface area contributed by atoms with Gasteiger partial charge in [0, 0.05) is 5.25 Å². The van der Waals surface area contributed by atoms with Crippen LogP contribution in [0, 0.1) is 0 Å². The van der Waals surface area contributed by atoms with Crippen LogP contribution in [-0.4, -0.2) is 16.2 Å². The summed E-state index contributed by atoms with van der Waals surface area (Å²) in [7, 11) is 1.97. The summed E-state index contributed by atoms with van der Waals surface area (Å²) in [5.74, 6) is -1.13. The molecule has 1 N–H and O–H groups in total. The Hall–Kier alpha value is -0.970. The summed E-state index contributed by atoms with van der Waals surface area (Å²) in [6, 6.07) is 0. The summed E-state index contributed by atoms with van der Waals surface area (Å²) in [6.07, 6.45) is 5.69. The van der Waals surface area contributed by atoms with Gasteiger partial charge in [-0.15, -0.1) is 0 Å². The van der Waals surface area contributed by atoms with E-state index in [1.54, 1.807) is 0 Å². The van der Waals surface area contributed by atoms with E-state index in [9.17, 15) is 9.90 Å². The molecule has 0 fully saturated rings. The second kappa shape index (κ2) is 5.65. The van der Waals surface area contributed by atoms with E-state index in [1.807, 2.05) is 30.3 Å². The number of H-pyrrole nitrogens is 1. The Bertz CT molecular complexity index is 221. The van der Waals surface area contributed by atoms with Crippen LogP contribution in [0.15, 0.2) is 18.7 Å². The molecule has 1 atom stereocenters. The van der Waals surface area contributed by atoms with Crippen LogP contribution in [-0.2, 0) is 11.8 Å². The molecule has 0 amide bonds. The van der Waals surface area contributed by atoms with Crippen molar-refractivity contribution in [2.75, 3.05) is 0 Å². The number of imidazole rings is 1. The number of carboxylic acids is 1. The third-order valence-electron chi connectivity index (χ3n) is 1.03. The third-order valence-corrected chi connectivity index (χ3v) is 1.24. The number of hydrogen-bond donors (Lipinski definition) is 2. The topological polar surface area (TPSA) is 59.8 Å². The van der Waals surface area contributed by atoms with E-state index in [4.69, 9.17) is 0 Å². The van der Waals surface area contributed by atoms with Gasteiger partial charge in [-0.25, -0.2) is 4.57 Å². The number of nitrogens with zero attached hydrogens (tertiary/aromatic N) is 1. The lowest BCUT2D eigenvalue weighted by Gasteiger charge is -2.00. The van der Waals surface area contributed by atoms with Gasteiger partial charge in [0.2, 0.25) is 6.33 Å². The van der Waals surface area contributed by atoms with Gasteiger partial charge in [0.05, 0.1) is 13.0 Å². The summed E-state index contributed by atoms with van der Waals surface area (Å²) >= 11 is 3.53. The number of carboxylic acid groups (broad SMARTS) is 1. The van der Waals surface area contributed by atoms with Gasteiger partial charge in [0.1, 0.15) is 12.4 Å². The Morgan fingerprint density at radius 3 is 2.33 bits per heavy atom. The molecule has 0 saturated heterocycles. The highest BCUT2D eigenvalue weighted by molar-refractivity contribution is 7.81. The Morgan fingerprint density at radius 1 is 1.75 bits per heavy atom. The van der Waals surface area contributed by atoms with Gasteiger partial charge >= 0.3 is 0 Å². The number of aliphatic carboxylic acids is 1. The molecule has 0 aliphatic carbocycles. The van der Waals surface area contributed by atoms with Gasteiger partial charge in [-0.3, -0.25) is 4.98 Å². The molecule has 0 radical (unpaired) electrons. The van der Waals surface area contributed by atoms with E-state index in [0.29, 0.717) is 0 Å². The van der Waals surface area contributed by atoms with E-state index >= 15 is 0 Å². The summed E-state index contributed by atoms with van der Waals surface area (Å²) < 4.78 is 1.94. The molecule has 0 aliphatic rings.